The third-order valence-corrected chi connectivity index (χ3v) is 7.05. The average molecular weight is 357 g/mol. The van der Waals surface area contributed by atoms with E-state index in [-0.39, 0.29) is 23.5 Å². The Balaban J connectivity index is 1.55. The number of benzene rings is 1. The van der Waals surface area contributed by atoms with Gasteiger partial charge in [-0.25, -0.2) is 0 Å². The molecule has 0 unspecified atom stereocenters. The first kappa shape index (κ1) is 18.1. The van der Waals surface area contributed by atoms with Gasteiger partial charge in [0, 0.05) is 17.8 Å². The van der Waals surface area contributed by atoms with E-state index >= 15 is 0 Å². The molecule has 1 aliphatic carbocycles. The molecule has 0 aromatic heterocycles. The molecule has 3 aliphatic rings. The number of hydrogen-bond donors (Lipinski definition) is 2. The number of Topliss-reactive ketones (excluding diaryl/α,β-unsaturated/α-hetero) is 1. The first-order chi connectivity index (χ1) is 12.7. The van der Waals surface area contributed by atoms with Crippen molar-refractivity contribution in [3.05, 3.63) is 35.4 Å². The molecule has 0 bridgehead atoms. The molecule has 2 atom stereocenters. The lowest BCUT2D eigenvalue weighted by atomic mass is 9.72. The van der Waals surface area contributed by atoms with Crippen LogP contribution in [0.25, 0.3) is 0 Å². The summed E-state index contributed by atoms with van der Waals surface area (Å²) < 4.78 is 0. The molecule has 0 amide bonds. The molecule has 26 heavy (non-hydrogen) atoms. The summed E-state index contributed by atoms with van der Waals surface area (Å²) in [4.78, 5) is 14.7. The summed E-state index contributed by atoms with van der Waals surface area (Å²) in [5.41, 5.74) is 2.59. The van der Waals surface area contributed by atoms with Gasteiger partial charge in [0.1, 0.15) is 5.78 Å². The van der Waals surface area contributed by atoms with Crippen LogP contribution in [0.1, 0.15) is 62.6 Å². The minimum absolute atomic E-state index is 0.0894. The maximum absolute atomic E-state index is 12.3. The lowest BCUT2D eigenvalue weighted by molar-refractivity contribution is -0.124. The SMILES string of the molecule is CCCC(=O)C1CCN([C@@H]2c3ccccc3C3(CCNCC3)[C@H]2O)CC1. The number of aliphatic hydroxyl groups excluding tert-OH is 1. The Labute approximate surface area is 157 Å². The van der Waals surface area contributed by atoms with Crippen molar-refractivity contribution in [2.75, 3.05) is 26.2 Å². The van der Waals surface area contributed by atoms with E-state index in [0.717, 1.165) is 64.7 Å². The Kier molecular flexibility index (Phi) is 5.18. The van der Waals surface area contributed by atoms with Gasteiger partial charge in [0.25, 0.3) is 0 Å². The van der Waals surface area contributed by atoms with Crippen molar-refractivity contribution in [1.29, 1.82) is 0 Å². The number of rotatable bonds is 4. The highest BCUT2D eigenvalue weighted by Gasteiger charge is 2.53. The lowest BCUT2D eigenvalue weighted by Gasteiger charge is -2.42. The molecule has 2 N–H and O–H groups in total. The number of piperidine rings is 2. The van der Waals surface area contributed by atoms with Crippen LogP contribution in [0.4, 0.5) is 0 Å². The van der Waals surface area contributed by atoms with Crippen molar-refractivity contribution < 1.29 is 9.90 Å². The van der Waals surface area contributed by atoms with E-state index in [0.29, 0.717) is 5.78 Å². The molecule has 0 radical (unpaired) electrons. The zero-order valence-corrected chi connectivity index (χ0v) is 15.9. The Bertz CT molecular complexity index is 645. The molecule has 4 nitrogen and oxygen atoms in total. The molecule has 2 aliphatic heterocycles. The Morgan fingerprint density at radius 2 is 1.92 bits per heavy atom. The molecule has 2 heterocycles. The van der Waals surface area contributed by atoms with Gasteiger partial charge in [-0.05, 0) is 69.4 Å². The van der Waals surface area contributed by atoms with E-state index in [1.807, 2.05) is 0 Å². The Morgan fingerprint density at radius 3 is 2.62 bits per heavy atom. The van der Waals surface area contributed by atoms with Crippen molar-refractivity contribution in [3.63, 3.8) is 0 Å². The summed E-state index contributed by atoms with van der Waals surface area (Å²) in [6.07, 6.45) is 5.22. The smallest absolute Gasteiger partial charge is 0.136 e. The Hall–Kier alpha value is -1.23. The molecular weight excluding hydrogens is 324 g/mol. The molecule has 4 rings (SSSR count). The predicted molar refractivity (Wildman–Crippen MR) is 103 cm³/mol. The fraction of sp³-hybridized carbons (Fsp3) is 0.682. The molecule has 4 heteroatoms. The fourth-order valence-corrected chi connectivity index (χ4v) is 5.62. The van der Waals surface area contributed by atoms with Crippen molar-refractivity contribution in [2.24, 2.45) is 5.92 Å². The number of aliphatic hydroxyl groups is 1. The number of carbonyl (C=O) groups excluding carboxylic acids is 1. The number of nitrogens with one attached hydrogen (secondary N) is 1. The number of fused-ring (bicyclic) bond motifs is 2. The number of hydrogen-bond acceptors (Lipinski definition) is 4. The predicted octanol–water partition coefficient (Wildman–Crippen LogP) is 2.80. The number of ketones is 1. The zero-order chi connectivity index (χ0) is 18.1. The highest BCUT2D eigenvalue weighted by molar-refractivity contribution is 5.81. The minimum atomic E-state index is -0.343. The maximum Gasteiger partial charge on any atom is 0.136 e. The maximum atomic E-state index is 12.3. The highest BCUT2D eigenvalue weighted by atomic mass is 16.3. The normalized spacial score (nSPS) is 29.0. The zero-order valence-electron chi connectivity index (χ0n) is 15.9. The van der Waals surface area contributed by atoms with Crippen LogP contribution >= 0.6 is 0 Å². The molecular formula is C22H32N2O2. The quantitative estimate of drug-likeness (QED) is 0.871. The molecule has 1 aromatic rings. The standard InChI is InChI=1S/C22H32N2O2/c1-2-5-19(25)16-8-14-24(15-9-16)20-17-6-3-4-7-18(17)22(21(20)26)10-12-23-13-11-22/h3-4,6-7,16,20-21,23,26H,2,5,8-15H2,1H3/t20-,21+/m1/s1. The van der Waals surface area contributed by atoms with Gasteiger partial charge in [0.05, 0.1) is 12.1 Å². The highest BCUT2D eigenvalue weighted by Crippen LogP contribution is 2.52. The summed E-state index contributed by atoms with van der Waals surface area (Å²) in [5, 5.41) is 14.9. The van der Waals surface area contributed by atoms with Gasteiger partial charge in [0.15, 0.2) is 0 Å². The van der Waals surface area contributed by atoms with Crippen molar-refractivity contribution in [1.82, 2.24) is 10.2 Å². The summed E-state index contributed by atoms with van der Waals surface area (Å²) in [6, 6.07) is 8.77. The molecule has 1 aromatic carbocycles. The molecule has 1 spiro atoms. The van der Waals surface area contributed by atoms with E-state index in [1.165, 1.54) is 11.1 Å². The van der Waals surface area contributed by atoms with Gasteiger partial charge in [-0.3, -0.25) is 9.69 Å². The van der Waals surface area contributed by atoms with Crippen molar-refractivity contribution >= 4 is 5.78 Å². The Morgan fingerprint density at radius 1 is 1.23 bits per heavy atom. The molecule has 2 fully saturated rings. The van der Waals surface area contributed by atoms with Gasteiger partial charge in [-0.15, -0.1) is 0 Å². The summed E-state index contributed by atoms with van der Waals surface area (Å²) >= 11 is 0. The topological polar surface area (TPSA) is 52.6 Å². The third kappa shape index (κ3) is 2.92. The van der Waals surface area contributed by atoms with Crippen LogP contribution in [-0.4, -0.2) is 48.1 Å². The first-order valence-electron chi connectivity index (χ1n) is 10.4. The van der Waals surface area contributed by atoms with E-state index < -0.39 is 0 Å². The number of likely N-dealkylation sites (tertiary alicyclic amines) is 1. The van der Waals surface area contributed by atoms with Gasteiger partial charge in [0.2, 0.25) is 0 Å². The van der Waals surface area contributed by atoms with Crippen LogP contribution in [0.5, 0.6) is 0 Å². The van der Waals surface area contributed by atoms with E-state index in [4.69, 9.17) is 0 Å². The minimum Gasteiger partial charge on any atom is -0.390 e. The fourth-order valence-electron chi connectivity index (χ4n) is 5.62. The summed E-state index contributed by atoms with van der Waals surface area (Å²) in [5.74, 6) is 0.669. The van der Waals surface area contributed by atoms with Crippen LogP contribution in [0.3, 0.4) is 0 Å². The van der Waals surface area contributed by atoms with E-state index in [9.17, 15) is 9.90 Å². The van der Waals surface area contributed by atoms with Gasteiger partial charge >= 0.3 is 0 Å². The average Bonchev–Trinajstić information content (AvgIpc) is 2.91. The van der Waals surface area contributed by atoms with Crippen LogP contribution in [-0.2, 0) is 10.2 Å². The van der Waals surface area contributed by atoms with Crippen molar-refractivity contribution in [2.45, 2.75) is 63.0 Å². The lowest BCUT2D eigenvalue weighted by Crippen LogP contribution is -2.50. The first-order valence-corrected chi connectivity index (χ1v) is 10.4. The van der Waals surface area contributed by atoms with Crippen LogP contribution in [0, 0.1) is 5.92 Å². The second kappa shape index (κ2) is 7.41. The van der Waals surface area contributed by atoms with Crippen molar-refractivity contribution in [3.8, 4) is 0 Å². The summed E-state index contributed by atoms with van der Waals surface area (Å²) in [6.45, 7) is 5.88. The molecule has 2 saturated heterocycles. The van der Waals surface area contributed by atoms with Crippen LogP contribution in [0.15, 0.2) is 24.3 Å². The van der Waals surface area contributed by atoms with E-state index in [1.54, 1.807) is 0 Å². The molecule has 142 valence electrons. The number of nitrogens with zero attached hydrogens (tertiary/aromatic N) is 1. The van der Waals surface area contributed by atoms with Gasteiger partial charge < -0.3 is 10.4 Å². The second-order valence-electron chi connectivity index (χ2n) is 8.41. The van der Waals surface area contributed by atoms with Crippen LogP contribution in [0.2, 0.25) is 0 Å². The third-order valence-electron chi connectivity index (χ3n) is 7.05. The summed E-state index contributed by atoms with van der Waals surface area (Å²) in [7, 11) is 0. The van der Waals surface area contributed by atoms with Crippen LogP contribution < -0.4 is 5.32 Å². The molecule has 0 saturated carbocycles. The van der Waals surface area contributed by atoms with Gasteiger partial charge in [-0.2, -0.15) is 0 Å². The number of carbonyl (C=O) groups is 1. The second-order valence-corrected chi connectivity index (χ2v) is 8.41. The van der Waals surface area contributed by atoms with E-state index in [2.05, 4.69) is 41.4 Å². The monoisotopic (exact) mass is 356 g/mol. The van der Waals surface area contributed by atoms with Gasteiger partial charge in [-0.1, -0.05) is 31.2 Å². The largest absolute Gasteiger partial charge is 0.390 e.